The molecular formula is C20H26N2O3. The highest BCUT2D eigenvalue weighted by Crippen LogP contribution is 2.17. The third-order valence-corrected chi connectivity index (χ3v) is 4.64. The number of nitrogens with one attached hydrogen (secondary N) is 1. The largest absolute Gasteiger partial charge is 0.451 e. The van der Waals surface area contributed by atoms with Crippen molar-refractivity contribution < 1.29 is 9.21 Å². The van der Waals surface area contributed by atoms with E-state index in [2.05, 4.69) is 24.1 Å². The fourth-order valence-electron chi connectivity index (χ4n) is 3.54. The van der Waals surface area contributed by atoms with E-state index in [-0.39, 0.29) is 17.1 Å². The minimum atomic E-state index is -0.316. The van der Waals surface area contributed by atoms with Crippen LogP contribution in [-0.2, 0) is 0 Å². The summed E-state index contributed by atoms with van der Waals surface area (Å²) in [5.41, 5.74) is 0.258. The fraction of sp³-hybridized carbons (Fsp3) is 0.500. The maximum Gasteiger partial charge on any atom is 0.287 e. The van der Waals surface area contributed by atoms with Gasteiger partial charge < -0.3 is 14.6 Å². The maximum atomic E-state index is 12.4. The molecule has 1 aromatic heterocycles. The zero-order chi connectivity index (χ0) is 17.8. The highest BCUT2D eigenvalue weighted by molar-refractivity contribution is 5.93. The summed E-state index contributed by atoms with van der Waals surface area (Å²) >= 11 is 0. The number of amides is 1. The van der Waals surface area contributed by atoms with E-state index in [0.717, 1.165) is 32.5 Å². The second-order valence-electron chi connectivity index (χ2n) is 7.34. The zero-order valence-electron chi connectivity index (χ0n) is 15.0. The highest BCUT2D eigenvalue weighted by Gasteiger charge is 2.21. The van der Waals surface area contributed by atoms with Gasteiger partial charge in [0.1, 0.15) is 5.58 Å². The lowest BCUT2D eigenvalue weighted by Crippen LogP contribution is -2.42. The molecule has 1 aromatic carbocycles. The molecule has 1 aliphatic rings. The quantitative estimate of drug-likeness (QED) is 0.907. The Morgan fingerprint density at radius 3 is 2.96 bits per heavy atom. The van der Waals surface area contributed by atoms with Gasteiger partial charge in [-0.05, 0) is 43.4 Å². The first-order valence-electron chi connectivity index (χ1n) is 9.06. The number of benzene rings is 1. The molecule has 1 unspecified atom stereocenters. The van der Waals surface area contributed by atoms with Crippen LogP contribution in [0.1, 0.15) is 37.2 Å². The molecule has 1 amide bonds. The van der Waals surface area contributed by atoms with Gasteiger partial charge in [-0.2, -0.15) is 0 Å². The van der Waals surface area contributed by atoms with Crippen LogP contribution in [0.2, 0.25) is 0 Å². The zero-order valence-corrected chi connectivity index (χ0v) is 15.0. The number of piperidine rings is 1. The highest BCUT2D eigenvalue weighted by atomic mass is 16.3. The summed E-state index contributed by atoms with van der Waals surface area (Å²) in [5.74, 6) is 0.867. The van der Waals surface area contributed by atoms with Crippen LogP contribution >= 0.6 is 0 Å². The number of hydrogen-bond donors (Lipinski definition) is 1. The number of carbonyl (C=O) groups excluding carboxylic acids is 1. The van der Waals surface area contributed by atoms with E-state index in [1.54, 1.807) is 24.3 Å². The van der Waals surface area contributed by atoms with E-state index >= 15 is 0 Å². The molecule has 2 aromatic rings. The molecule has 5 heteroatoms. The van der Waals surface area contributed by atoms with Gasteiger partial charge in [-0.1, -0.05) is 26.0 Å². The van der Waals surface area contributed by atoms with Crippen LogP contribution in [0.3, 0.4) is 0 Å². The van der Waals surface area contributed by atoms with E-state index in [9.17, 15) is 9.59 Å². The van der Waals surface area contributed by atoms with Crippen molar-refractivity contribution in [3.05, 3.63) is 46.3 Å². The monoisotopic (exact) mass is 342 g/mol. The molecule has 1 saturated heterocycles. The van der Waals surface area contributed by atoms with E-state index in [4.69, 9.17) is 4.42 Å². The first-order chi connectivity index (χ1) is 12.0. The molecule has 3 rings (SSSR count). The second-order valence-corrected chi connectivity index (χ2v) is 7.34. The lowest BCUT2D eigenvalue weighted by molar-refractivity contribution is 0.0902. The van der Waals surface area contributed by atoms with Gasteiger partial charge in [0.2, 0.25) is 0 Å². The maximum absolute atomic E-state index is 12.4. The predicted octanol–water partition coefficient (Wildman–Crippen LogP) is 2.89. The molecule has 1 N–H and O–H groups in total. The number of fused-ring (bicyclic) bond motifs is 1. The molecule has 0 saturated carbocycles. The number of para-hydroxylation sites is 1. The third-order valence-electron chi connectivity index (χ3n) is 4.64. The van der Waals surface area contributed by atoms with E-state index in [1.165, 1.54) is 6.07 Å². The van der Waals surface area contributed by atoms with Gasteiger partial charge in [0.05, 0.1) is 5.39 Å². The van der Waals surface area contributed by atoms with Gasteiger partial charge in [-0.25, -0.2) is 0 Å². The van der Waals surface area contributed by atoms with Crippen LogP contribution in [0.5, 0.6) is 0 Å². The average Bonchev–Trinajstić information content (AvgIpc) is 2.59. The number of likely N-dealkylation sites (tertiary alicyclic amines) is 1. The van der Waals surface area contributed by atoms with E-state index in [1.807, 2.05) is 0 Å². The predicted molar refractivity (Wildman–Crippen MR) is 98.8 cm³/mol. The molecule has 0 radical (unpaired) electrons. The lowest BCUT2D eigenvalue weighted by Gasteiger charge is -2.33. The number of rotatable bonds is 5. The number of carbonyl (C=O) groups is 1. The molecule has 1 fully saturated rings. The van der Waals surface area contributed by atoms with E-state index < -0.39 is 0 Å². The minimum Gasteiger partial charge on any atom is -0.451 e. The third kappa shape index (κ3) is 4.48. The average molecular weight is 342 g/mol. The summed E-state index contributed by atoms with van der Waals surface area (Å²) in [6.45, 7) is 8.33. The minimum absolute atomic E-state index is 0.0820. The summed E-state index contributed by atoms with van der Waals surface area (Å²) < 4.78 is 5.60. The Kier molecular flexibility index (Phi) is 5.53. The first-order valence-corrected chi connectivity index (χ1v) is 9.06. The first kappa shape index (κ1) is 17.7. The molecule has 134 valence electrons. The number of hydrogen-bond acceptors (Lipinski definition) is 4. The van der Waals surface area contributed by atoms with Gasteiger partial charge >= 0.3 is 0 Å². The summed E-state index contributed by atoms with van der Waals surface area (Å²) in [6.07, 6.45) is 2.29. The second kappa shape index (κ2) is 7.83. The Morgan fingerprint density at radius 2 is 2.16 bits per heavy atom. The van der Waals surface area contributed by atoms with Crippen molar-refractivity contribution in [1.82, 2.24) is 10.2 Å². The summed E-state index contributed by atoms with van der Waals surface area (Å²) in [4.78, 5) is 27.0. The molecular weight excluding hydrogens is 316 g/mol. The van der Waals surface area contributed by atoms with Crippen molar-refractivity contribution in [3.8, 4) is 0 Å². The van der Waals surface area contributed by atoms with Crippen molar-refractivity contribution in [2.75, 3.05) is 26.2 Å². The van der Waals surface area contributed by atoms with Gasteiger partial charge in [-0.15, -0.1) is 0 Å². The van der Waals surface area contributed by atoms with Gasteiger partial charge in [0.25, 0.3) is 5.91 Å². The Balaban J connectivity index is 1.62. The van der Waals surface area contributed by atoms with Crippen LogP contribution in [-0.4, -0.2) is 37.0 Å². The molecule has 25 heavy (non-hydrogen) atoms. The molecule has 5 nitrogen and oxygen atoms in total. The Bertz CT molecular complexity index is 797. The topological polar surface area (TPSA) is 62.6 Å². The van der Waals surface area contributed by atoms with E-state index in [0.29, 0.717) is 29.3 Å². The van der Waals surface area contributed by atoms with Crippen molar-refractivity contribution in [3.63, 3.8) is 0 Å². The summed E-state index contributed by atoms with van der Waals surface area (Å²) in [6, 6.07) is 8.26. The molecule has 1 atom stereocenters. The fourth-order valence-corrected chi connectivity index (χ4v) is 3.54. The van der Waals surface area contributed by atoms with Gasteiger partial charge in [0.15, 0.2) is 11.2 Å². The van der Waals surface area contributed by atoms with Crippen molar-refractivity contribution in [2.24, 2.45) is 11.8 Å². The summed E-state index contributed by atoms with van der Waals surface area (Å²) in [7, 11) is 0. The smallest absolute Gasteiger partial charge is 0.287 e. The number of nitrogens with zero attached hydrogens (tertiary/aromatic N) is 1. The molecule has 1 aliphatic heterocycles. The van der Waals surface area contributed by atoms with Crippen LogP contribution in [0.25, 0.3) is 11.0 Å². The standard InChI is InChI=1S/C20H26N2O3/c1-14(2)12-22-9-5-6-15(13-22)11-21-20(24)19-10-17(23)16-7-3-4-8-18(16)25-19/h3-4,7-8,10,14-15H,5-6,9,11-13H2,1-2H3,(H,21,24). The summed E-state index contributed by atoms with van der Waals surface area (Å²) in [5, 5.41) is 3.43. The SMILES string of the molecule is CC(C)CN1CCCC(CNC(=O)c2cc(=O)c3ccccc3o2)C1. The van der Waals surface area contributed by atoms with Gasteiger partial charge in [0, 0.05) is 25.7 Å². The normalized spacial score (nSPS) is 18.6. The molecule has 0 spiro atoms. The Morgan fingerprint density at radius 1 is 1.36 bits per heavy atom. The lowest BCUT2D eigenvalue weighted by atomic mass is 9.97. The van der Waals surface area contributed by atoms with Crippen LogP contribution in [0.4, 0.5) is 0 Å². The van der Waals surface area contributed by atoms with Crippen molar-refractivity contribution in [2.45, 2.75) is 26.7 Å². The Hall–Kier alpha value is -2.14. The van der Waals surface area contributed by atoms with Crippen LogP contribution in [0, 0.1) is 11.8 Å². The van der Waals surface area contributed by atoms with Crippen molar-refractivity contribution >= 4 is 16.9 Å². The molecule has 2 heterocycles. The van der Waals surface area contributed by atoms with Crippen molar-refractivity contribution in [1.29, 1.82) is 0 Å². The molecule has 0 bridgehead atoms. The molecule has 0 aliphatic carbocycles. The van der Waals surface area contributed by atoms with Crippen LogP contribution in [0.15, 0.2) is 39.5 Å². The Labute approximate surface area is 148 Å². The van der Waals surface area contributed by atoms with Crippen LogP contribution < -0.4 is 10.7 Å². The van der Waals surface area contributed by atoms with Gasteiger partial charge in [-0.3, -0.25) is 9.59 Å².